The van der Waals surface area contributed by atoms with Gasteiger partial charge in [-0.3, -0.25) is 9.69 Å². The topological polar surface area (TPSA) is 44.8 Å². The van der Waals surface area contributed by atoms with E-state index in [1.54, 1.807) is 25.3 Å². The summed E-state index contributed by atoms with van der Waals surface area (Å²) in [6.45, 7) is 5.11. The highest BCUT2D eigenvalue weighted by molar-refractivity contribution is 6.39. The molecule has 144 valence electrons. The smallest absolute Gasteiger partial charge is 0.241 e. The summed E-state index contributed by atoms with van der Waals surface area (Å²) < 4.78 is 5.46. The standard InChI is InChI=1S/C20H23Cl2N3O2/c1-14(20(26)23-19-15(21)6-5-7-16(19)22)24-10-12-25(13-11-24)17-8-3-4-9-18(17)27-2/h3-9,14H,10-13H2,1-2H3,(H,23,26)/t14-/m0/s1. The number of nitrogens with one attached hydrogen (secondary N) is 1. The van der Waals surface area contributed by atoms with Crippen LogP contribution in [0.5, 0.6) is 5.75 Å². The molecular weight excluding hydrogens is 385 g/mol. The molecule has 2 aromatic carbocycles. The molecule has 0 saturated carbocycles. The second-order valence-corrected chi connectivity index (χ2v) is 7.27. The highest BCUT2D eigenvalue weighted by atomic mass is 35.5. The van der Waals surface area contributed by atoms with Gasteiger partial charge in [-0.05, 0) is 31.2 Å². The van der Waals surface area contributed by atoms with Crippen LogP contribution in [0.2, 0.25) is 10.0 Å². The second kappa shape index (κ2) is 8.83. The van der Waals surface area contributed by atoms with Gasteiger partial charge in [-0.1, -0.05) is 41.4 Å². The Morgan fingerprint density at radius 2 is 1.67 bits per heavy atom. The number of nitrogens with zero attached hydrogens (tertiary/aromatic N) is 2. The van der Waals surface area contributed by atoms with Crippen LogP contribution in [-0.2, 0) is 4.79 Å². The summed E-state index contributed by atoms with van der Waals surface area (Å²) in [5.74, 6) is 0.751. The molecule has 1 aliphatic rings. The van der Waals surface area contributed by atoms with Gasteiger partial charge in [0.2, 0.25) is 5.91 Å². The van der Waals surface area contributed by atoms with E-state index in [4.69, 9.17) is 27.9 Å². The average molecular weight is 408 g/mol. The highest BCUT2D eigenvalue weighted by Crippen LogP contribution is 2.31. The molecule has 2 aromatic rings. The van der Waals surface area contributed by atoms with E-state index < -0.39 is 0 Å². The lowest BCUT2D eigenvalue weighted by Crippen LogP contribution is -2.52. The van der Waals surface area contributed by atoms with Crippen molar-refractivity contribution in [3.8, 4) is 5.75 Å². The van der Waals surface area contributed by atoms with Gasteiger partial charge in [-0.15, -0.1) is 0 Å². The van der Waals surface area contributed by atoms with Gasteiger partial charge in [-0.25, -0.2) is 0 Å². The van der Waals surface area contributed by atoms with Crippen molar-refractivity contribution < 1.29 is 9.53 Å². The summed E-state index contributed by atoms with van der Waals surface area (Å²) in [7, 11) is 1.68. The predicted molar refractivity (Wildman–Crippen MR) is 111 cm³/mol. The highest BCUT2D eigenvalue weighted by Gasteiger charge is 2.27. The Bertz CT molecular complexity index is 787. The van der Waals surface area contributed by atoms with Crippen LogP contribution in [0, 0.1) is 0 Å². The molecule has 5 nitrogen and oxygen atoms in total. The van der Waals surface area contributed by atoms with E-state index >= 15 is 0 Å². The van der Waals surface area contributed by atoms with E-state index in [2.05, 4.69) is 21.2 Å². The minimum atomic E-state index is -0.280. The zero-order valence-electron chi connectivity index (χ0n) is 15.4. The molecule has 0 spiro atoms. The van der Waals surface area contributed by atoms with Crippen LogP contribution in [0.1, 0.15) is 6.92 Å². The van der Waals surface area contributed by atoms with Gasteiger partial charge >= 0.3 is 0 Å². The number of carbonyl (C=O) groups excluding carboxylic acids is 1. The van der Waals surface area contributed by atoms with Gasteiger partial charge in [0, 0.05) is 26.2 Å². The molecule has 0 radical (unpaired) electrons. The molecule has 1 atom stereocenters. The maximum Gasteiger partial charge on any atom is 0.241 e. The molecule has 0 bridgehead atoms. The fourth-order valence-electron chi connectivity index (χ4n) is 3.25. The molecule has 1 amide bonds. The molecular formula is C20H23Cl2N3O2. The Morgan fingerprint density at radius 1 is 1.04 bits per heavy atom. The molecule has 0 aromatic heterocycles. The number of piperazine rings is 1. The normalized spacial score (nSPS) is 16.1. The molecule has 1 N–H and O–H groups in total. The monoisotopic (exact) mass is 407 g/mol. The van der Waals surface area contributed by atoms with Crippen LogP contribution in [0.3, 0.4) is 0 Å². The van der Waals surface area contributed by atoms with E-state index in [0.29, 0.717) is 15.7 Å². The number of benzene rings is 2. The van der Waals surface area contributed by atoms with Crippen molar-refractivity contribution in [2.24, 2.45) is 0 Å². The molecule has 1 heterocycles. The van der Waals surface area contributed by atoms with Crippen LogP contribution in [0.25, 0.3) is 0 Å². The number of hydrogen-bond donors (Lipinski definition) is 1. The third kappa shape index (κ3) is 4.49. The predicted octanol–water partition coefficient (Wildman–Crippen LogP) is 4.15. The van der Waals surface area contributed by atoms with Gasteiger partial charge in [-0.2, -0.15) is 0 Å². The average Bonchev–Trinajstić information content (AvgIpc) is 2.70. The second-order valence-electron chi connectivity index (χ2n) is 6.46. The van der Waals surface area contributed by atoms with Crippen LogP contribution in [0.15, 0.2) is 42.5 Å². The number of methoxy groups -OCH3 is 1. The van der Waals surface area contributed by atoms with Gasteiger partial charge in [0.1, 0.15) is 5.75 Å². The Kier molecular flexibility index (Phi) is 6.47. The van der Waals surface area contributed by atoms with Crippen LogP contribution < -0.4 is 15.0 Å². The van der Waals surface area contributed by atoms with Crippen molar-refractivity contribution in [2.45, 2.75) is 13.0 Å². The van der Waals surface area contributed by atoms with E-state index in [1.165, 1.54) is 0 Å². The third-order valence-electron chi connectivity index (χ3n) is 4.88. The van der Waals surface area contributed by atoms with Crippen molar-refractivity contribution >= 4 is 40.5 Å². The van der Waals surface area contributed by atoms with Gasteiger partial charge in [0.15, 0.2) is 0 Å². The zero-order valence-corrected chi connectivity index (χ0v) is 16.9. The molecule has 3 rings (SSSR count). The Morgan fingerprint density at radius 3 is 2.30 bits per heavy atom. The lowest BCUT2D eigenvalue weighted by atomic mass is 10.2. The lowest BCUT2D eigenvalue weighted by Gasteiger charge is -2.38. The van der Waals surface area contributed by atoms with Crippen molar-refractivity contribution in [2.75, 3.05) is 43.5 Å². The minimum absolute atomic E-state index is 0.115. The van der Waals surface area contributed by atoms with Crippen LogP contribution in [0.4, 0.5) is 11.4 Å². The van der Waals surface area contributed by atoms with Crippen molar-refractivity contribution in [3.05, 3.63) is 52.5 Å². The van der Waals surface area contributed by atoms with Crippen molar-refractivity contribution in [3.63, 3.8) is 0 Å². The van der Waals surface area contributed by atoms with E-state index in [1.807, 2.05) is 25.1 Å². The maximum absolute atomic E-state index is 12.7. The molecule has 27 heavy (non-hydrogen) atoms. The summed E-state index contributed by atoms with van der Waals surface area (Å²) in [6, 6.07) is 12.9. The molecule has 0 unspecified atom stereocenters. The first-order valence-corrected chi connectivity index (χ1v) is 9.63. The number of rotatable bonds is 5. The Hall–Kier alpha value is -1.95. The summed E-state index contributed by atoms with van der Waals surface area (Å²) in [5, 5.41) is 3.73. The summed E-state index contributed by atoms with van der Waals surface area (Å²) >= 11 is 12.3. The zero-order chi connectivity index (χ0) is 19.4. The maximum atomic E-state index is 12.7. The number of para-hydroxylation sites is 3. The first-order chi connectivity index (χ1) is 13.0. The van der Waals surface area contributed by atoms with E-state index in [9.17, 15) is 4.79 Å². The number of amides is 1. The van der Waals surface area contributed by atoms with E-state index in [0.717, 1.165) is 37.6 Å². The summed E-state index contributed by atoms with van der Waals surface area (Å²) in [4.78, 5) is 17.1. The molecule has 7 heteroatoms. The quantitative estimate of drug-likeness (QED) is 0.808. The van der Waals surface area contributed by atoms with Gasteiger partial charge < -0.3 is 15.0 Å². The SMILES string of the molecule is COc1ccccc1N1CCN([C@@H](C)C(=O)Nc2c(Cl)cccc2Cl)CC1. The Labute approximate surface area is 169 Å². The largest absolute Gasteiger partial charge is 0.495 e. The lowest BCUT2D eigenvalue weighted by molar-refractivity contribution is -0.120. The Balaban J connectivity index is 1.61. The minimum Gasteiger partial charge on any atom is -0.495 e. The molecule has 1 saturated heterocycles. The summed E-state index contributed by atoms with van der Waals surface area (Å²) in [6.07, 6.45) is 0. The molecule has 0 aliphatic carbocycles. The first kappa shape index (κ1) is 19.8. The number of carbonyl (C=O) groups is 1. The van der Waals surface area contributed by atoms with Gasteiger partial charge in [0.05, 0.1) is 34.6 Å². The fraction of sp³-hybridized carbons (Fsp3) is 0.350. The van der Waals surface area contributed by atoms with Crippen LogP contribution in [-0.4, -0.2) is 50.1 Å². The first-order valence-electron chi connectivity index (χ1n) is 8.88. The van der Waals surface area contributed by atoms with Crippen LogP contribution >= 0.6 is 23.2 Å². The fourth-order valence-corrected chi connectivity index (χ4v) is 3.74. The number of anilines is 2. The summed E-state index contributed by atoms with van der Waals surface area (Å²) in [5.41, 5.74) is 1.55. The van der Waals surface area contributed by atoms with E-state index in [-0.39, 0.29) is 11.9 Å². The third-order valence-corrected chi connectivity index (χ3v) is 5.51. The number of halogens is 2. The van der Waals surface area contributed by atoms with Gasteiger partial charge in [0.25, 0.3) is 0 Å². The molecule has 1 aliphatic heterocycles. The van der Waals surface area contributed by atoms with Crippen molar-refractivity contribution in [1.82, 2.24) is 4.90 Å². The molecule has 1 fully saturated rings. The number of ether oxygens (including phenoxy) is 1. The van der Waals surface area contributed by atoms with Crippen molar-refractivity contribution in [1.29, 1.82) is 0 Å². The number of hydrogen-bond acceptors (Lipinski definition) is 4.